The number of benzene rings is 2. The summed E-state index contributed by atoms with van der Waals surface area (Å²) in [4.78, 5) is 2.12. The van der Waals surface area contributed by atoms with Gasteiger partial charge in [-0.05, 0) is 48.0 Å². The van der Waals surface area contributed by atoms with Gasteiger partial charge in [0.15, 0.2) is 0 Å². The maximum Gasteiger partial charge on any atom is 0.402 e. The first-order valence-electron chi connectivity index (χ1n) is 8.10. The summed E-state index contributed by atoms with van der Waals surface area (Å²) < 4.78 is 51.3. The van der Waals surface area contributed by atoms with Crippen LogP contribution in [0.25, 0.3) is 0 Å². The predicted molar refractivity (Wildman–Crippen MR) is 104 cm³/mol. The maximum atomic E-state index is 12.4. The Morgan fingerprint density at radius 2 is 2.00 bits per heavy atom. The Morgan fingerprint density at radius 1 is 1.26 bits per heavy atom. The average Bonchev–Trinajstić information content (AvgIpc) is 2.53. The molecule has 3 rings (SSSR count). The van der Waals surface area contributed by atoms with E-state index in [-0.39, 0.29) is 5.92 Å². The quantitative estimate of drug-likeness (QED) is 0.713. The van der Waals surface area contributed by atoms with Gasteiger partial charge in [-0.2, -0.15) is 13.2 Å². The molecule has 1 heterocycles. The standard InChI is InChI=1S/C18H17Cl2F3N2OS/c1-25-8-15(14-6-12(19)7-17(20)16(14)9-25)11-3-2-4-13(5-11)24-27(26)10-18(21,22)23/h2-7,15,24H,8-10H2,1H3. The van der Waals surface area contributed by atoms with E-state index in [1.807, 2.05) is 19.2 Å². The van der Waals surface area contributed by atoms with Crippen LogP contribution in [-0.2, 0) is 17.5 Å². The summed E-state index contributed by atoms with van der Waals surface area (Å²) in [6.45, 7) is 1.40. The molecule has 0 saturated carbocycles. The Bertz CT molecular complexity index is 876. The molecule has 146 valence electrons. The topological polar surface area (TPSA) is 32.3 Å². The van der Waals surface area contributed by atoms with E-state index in [2.05, 4.69) is 9.62 Å². The van der Waals surface area contributed by atoms with Gasteiger partial charge in [0.1, 0.15) is 16.7 Å². The number of nitrogens with one attached hydrogen (secondary N) is 1. The number of nitrogens with zero attached hydrogens (tertiary/aromatic N) is 1. The van der Waals surface area contributed by atoms with Crippen molar-refractivity contribution in [3.8, 4) is 0 Å². The fraction of sp³-hybridized carbons (Fsp3) is 0.333. The molecule has 1 aliphatic heterocycles. The highest BCUT2D eigenvalue weighted by molar-refractivity contribution is 7.86. The SMILES string of the molecule is CN1Cc2c(Cl)cc(Cl)cc2C(c2cccc(NS(=O)CC(F)(F)F)c2)C1. The highest BCUT2D eigenvalue weighted by atomic mass is 35.5. The third kappa shape index (κ3) is 5.16. The lowest BCUT2D eigenvalue weighted by atomic mass is 9.84. The Hall–Kier alpha value is -1.28. The van der Waals surface area contributed by atoms with E-state index in [0.717, 1.165) is 16.7 Å². The van der Waals surface area contributed by atoms with E-state index in [1.165, 1.54) is 0 Å². The number of fused-ring (bicyclic) bond motifs is 1. The number of rotatable bonds is 4. The molecule has 0 amide bonds. The zero-order chi connectivity index (χ0) is 19.8. The van der Waals surface area contributed by atoms with E-state index in [1.54, 1.807) is 24.3 Å². The van der Waals surface area contributed by atoms with Gasteiger partial charge in [-0.25, -0.2) is 4.21 Å². The minimum absolute atomic E-state index is 0.0484. The molecule has 2 atom stereocenters. The number of likely N-dealkylation sites (N-methyl/N-ethyl adjacent to an activating group) is 1. The van der Waals surface area contributed by atoms with E-state index >= 15 is 0 Å². The number of anilines is 1. The number of alkyl halides is 3. The van der Waals surface area contributed by atoms with Crippen LogP contribution in [0.3, 0.4) is 0 Å². The lowest BCUT2D eigenvalue weighted by Gasteiger charge is -2.33. The number of halogens is 5. The molecule has 1 aliphatic rings. The summed E-state index contributed by atoms with van der Waals surface area (Å²) in [5.74, 6) is -1.45. The highest BCUT2D eigenvalue weighted by Crippen LogP contribution is 2.38. The molecule has 1 N–H and O–H groups in total. The summed E-state index contributed by atoms with van der Waals surface area (Å²) in [5.41, 5.74) is 3.24. The van der Waals surface area contributed by atoms with Gasteiger partial charge in [0, 0.05) is 34.7 Å². The summed E-state index contributed by atoms with van der Waals surface area (Å²) in [6.07, 6.45) is -4.49. The van der Waals surface area contributed by atoms with Crippen LogP contribution < -0.4 is 4.72 Å². The Labute approximate surface area is 168 Å². The molecule has 2 aromatic carbocycles. The van der Waals surface area contributed by atoms with Crippen LogP contribution in [0.15, 0.2) is 36.4 Å². The third-order valence-corrected chi connectivity index (χ3v) is 5.92. The molecule has 0 aromatic heterocycles. The lowest BCUT2D eigenvalue weighted by Crippen LogP contribution is -2.31. The van der Waals surface area contributed by atoms with E-state index in [9.17, 15) is 17.4 Å². The molecule has 0 saturated heterocycles. The fourth-order valence-electron chi connectivity index (χ4n) is 3.27. The first kappa shape index (κ1) is 20.5. The third-order valence-electron chi connectivity index (χ3n) is 4.31. The Balaban J connectivity index is 1.91. The second kappa shape index (κ2) is 7.99. The highest BCUT2D eigenvalue weighted by Gasteiger charge is 2.31. The van der Waals surface area contributed by atoms with Crippen LogP contribution in [0, 0.1) is 0 Å². The minimum atomic E-state index is -4.49. The maximum absolute atomic E-state index is 12.4. The van der Waals surface area contributed by atoms with Crippen LogP contribution in [-0.4, -0.2) is 34.6 Å². The second-order valence-electron chi connectivity index (χ2n) is 6.54. The summed E-state index contributed by atoms with van der Waals surface area (Å²) in [5, 5.41) is 1.13. The second-order valence-corrected chi connectivity index (χ2v) is 8.56. The van der Waals surface area contributed by atoms with Gasteiger partial charge >= 0.3 is 6.18 Å². The van der Waals surface area contributed by atoms with Crippen LogP contribution in [0.2, 0.25) is 10.0 Å². The van der Waals surface area contributed by atoms with Gasteiger partial charge < -0.3 is 9.62 Å². The van der Waals surface area contributed by atoms with Crippen molar-refractivity contribution in [3.05, 3.63) is 63.1 Å². The smallest absolute Gasteiger partial charge is 0.305 e. The van der Waals surface area contributed by atoms with Gasteiger partial charge in [-0.3, -0.25) is 0 Å². The van der Waals surface area contributed by atoms with Gasteiger partial charge in [0.25, 0.3) is 0 Å². The monoisotopic (exact) mass is 436 g/mol. The molecule has 0 radical (unpaired) electrons. The molecule has 0 fully saturated rings. The zero-order valence-corrected chi connectivity index (χ0v) is 16.6. The average molecular weight is 437 g/mol. The molecular formula is C18H17Cl2F3N2OS. The molecule has 0 aliphatic carbocycles. The van der Waals surface area contributed by atoms with Crippen molar-refractivity contribution < 1.29 is 17.4 Å². The van der Waals surface area contributed by atoms with Gasteiger partial charge in [0.05, 0.1) is 0 Å². The summed E-state index contributed by atoms with van der Waals surface area (Å²) in [7, 11) is -0.267. The Kier molecular flexibility index (Phi) is 6.05. The van der Waals surface area contributed by atoms with Crippen molar-refractivity contribution in [1.82, 2.24) is 4.90 Å². The molecule has 9 heteroatoms. The lowest BCUT2D eigenvalue weighted by molar-refractivity contribution is -0.105. The van der Waals surface area contributed by atoms with Crippen molar-refractivity contribution in [2.45, 2.75) is 18.6 Å². The van der Waals surface area contributed by atoms with Crippen molar-refractivity contribution in [2.75, 3.05) is 24.1 Å². The number of hydrogen-bond acceptors (Lipinski definition) is 2. The predicted octanol–water partition coefficient (Wildman–Crippen LogP) is 5.21. The van der Waals surface area contributed by atoms with Crippen molar-refractivity contribution in [2.24, 2.45) is 0 Å². The van der Waals surface area contributed by atoms with E-state index < -0.39 is 22.9 Å². The van der Waals surface area contributed by atoms with Crippen LogP contribution in [0.4, 0.5) is 18.9 Å². The van der Waals surface area contributed by atoms with Crippen molar-refractivity contribution >= 4 is 39.9 Å². The van der Waals surface area contributed by atoms with Gasteiger partial charge in [-0.1, -0.05) is 35.3 Å². The Morgan fingerprint density at radius 3 is 2.70 bits per heavy atom. The molecular weight excluding hydrogens is 420 g/mol. The molecule has 0 bridgehead atoms. The first-order chi connectivity index (χ1) is 12.6. The van der Waals surface area contributed by atoms with E-state index in [0.29, 0.717) is 28.8 Å². The normalized spacial score (nSPS) is 18.8. The van der Waals surface area contributed by atoms with Crippen LogP contribution in [0.5, 0.6) is 0 Å². The summed E-state index contributed by atoms with van der Waals surface area (Å²) in [6, 6.07) is 10.5. The molecule has 0 spiro atoms. The van der Waals surface area contributed by atoms with Crippen molar-refractivity contribution in [1.29, 1.82) is 0 Å². The fourth-order valence-corrected chi connectivity index (χ4v) is 4.59. The summed E-state index contributed by atoms with van der Waals surface area (Å²) >= 11 is 12.5. The zero-order valence-electron chi connectivity index (χ0n) is 14.3. The van der Waals surface area contributed by atoms with Gasteiger partial charge in [-0.15, -0.1) is 0 Å². The van der Waals surface area contributed by atoms with Crippen LogP contribution in [0.1, 0.15) is 22.6 Å². The molecule has 27 heavy (non-hydrogen) atoms. The largest absolute Gasteiger partial charge is 0.402 e. The molecule has 2 unspecified atom stereocenters. The van der Waals surface area contributed by atoms with Crippen molar-refractivity contribution in [3.63, 3.8) is 0 Å². The van der Waals surface area contributed by atoms with Crippen LogP contribution >= 0.6 is 23.2 Å². The minimum Gasteiger partial charge on any atom is -0.305 e. The van der Waals surface area contributed by atoms with E-state index in [4.69, 9.17) is 23.2 Å². The molecule has 3 nitrogen and oxygen atoms in total. The number of hydrogen-bond donors (Lipinski definition) is 1. The first-order valence-corrected chi connectivity index (χ1v) is 10.2. The van der Waals surface area contributed by atoms with Gasteiger partial charge in [0.2, 0.25) is 0 Å². The molecule has 2 aromatic rings.